The zero-order valence-corrected chi connectivity index (χ0v) is 11.9. The minimum Gasteiger partial charge on any atom is -0.485 e. The first-order valence-corrected chi connectivity index (χ1v) is 6.62. The van der Waals surface area contributed by atoms with E-state index >= 15 is 0 Å². The summed E-state index contributed by atoms with van der Waals surface area (Å²) in [5.74, 6) is 0.537. The molecule has 1 fully saturated rings. The number of halogens is 2. The molecule has 0 bridgehead atoms. The summed E-state index contributed by atoms with van der Waals surface area (Å²) in [4.78, 5) is 11.5. The second-order valence-corrected chi connectivity index (χ2v) is 5.03. The lowest BCUT2D eigenvalue weighted by molar-refractivity contribution is -0.156. The van der Waals surface area contributed by atoms with E-state index in [0.717, 1.165) is 0 Å². The number of Topliss-reactive ketones (excluding diaryl/α,β-unsaturated/α-hetero) is 1. The van der Waals surface area contributed by atoms with Crippen molar-refractivity contribution >= 4 is 29.0 Å². The topological polar surface area (TPSA) is 44.8 Å². The van der Waals surface area contributed by atoms with E-state index in [1.807, 2.05) is 0 Å². The van der Waals surface area contributed by atoms with E-state index in [9.17, 15) is 4.79 Å². The Morgan fingerprint density at radius 2 is 2.11 bits per heavy atom. The summed E-state index contributed by atoms with van der Waals surface area (Å²) < 4.78 is 16.0. The highest BCUT2D eigenvalue weighted by Crippen LogP contribution is 2.32. The molecule has 2 atom stereocenters. The van der Waals surface area contributed by atoms with Crippen LogP contribution in [0.25, 0.3) is 0 Å². The molecule has 0 amide bonds. The Hall–Kier alpha value is -0.810. The Labute approximate surface area is 121 Å². The Kier molecular flexibility index (Phi) is 5.05. The fourth-order valence-corrected chi connectivity index (χ4v) is 2.22. The van der Waals surface area contributed by atoms with Gasteiger partial charge in [-0.25, -0.2) is 0 Å². The molecule has 104 valence electrons. The van der Waals surface area contributed by atoms with Crippen LogP contribution in [-0.2, 0) is 14.3 Å². The lowest BCUT2D eigenvalue weighted by atomic mass is 9.90. The summed E-state index contributed by atoms with van der Waals surface area (Å²) in [6.07, 6.45) is -0.513. The van der Waals surface area contributed by atoms with Gasteiger partial charge in [-0.3, -0.25) is 4.79 Å². The molecule has 2 rings (SSSR count). The van der Waals surface area contributed by atoms with Gasteiger partial charge < -0.3 is 14.2 Å². The summed E-state index contributed by atoms with van der Waals surface area (Å²) in [5, 5.41) is 0.956. The fraction of sp³-hybridized carbons (Fsp3) is 0.462. The molecule has 0 heterocycles. The van der Waals surface area contributed by atoms with E-state index in [2.05, 4.69) is 0 Å². The standard InChI is InChI=1S/C13H14Cl2O4/c1-17-4-5-18-13-10(16)7-12(13)19-11-3-2-8(14)6-9(11)15/h2-3,6,12-13H,4-5,7H2,1H3. The smallest absolute Gasteiger partial charge is 0.169 e. The zero-order chi connectivity index (χ0) is 13.8. The number of hydrogen-bond donors (Lipinski definition) is 0. The SMILES string of the molecule is COCCOC1C(=O)CC1Oc1ccc(Cl)cc1Cl. The van der Waals surface area contributed by atoms with Crippen LogP contribution in [0.2, 0.25) is 10.0 Å². The molecule has 1 aliphatic carbocycles. The van der Waals surface area contributed by atoms with Gasteiger partial charge in [0.1, 0.15) is 11.9 Å². The van der Waals surface area contributed by atoms with Crippen LogP contribution >= 0.6 is 23.2 Å². The maximum atomic E-state index is 11.5. The van der Waals surface area contributed by atoms with Gasteiger partial charge in [0.05, 0.1) is 18.2 Å². The minimum atomic E-state index is -0.540. The van der Waals surface area contributed by atoms with Gasteiger partial charge in [0.15, 0.2) is 11.9 Å². The molecule has 1 aliphatic rings. The van der Waals surface area contributed by atoms with Crippen molar-refractivity contribution in [2.45, 2.75) is 18.6 Å². The van der Waals surface area contributed by atoms with Gasteiger partial charge in [-0.15, -0.1) is 0 Å². The molecule has 1 aromatic carbocycles. The number of carbonyl (C=O) groups is 1. The Morgan fingerprint density at radius 1 is 1.32 bits per heavy atom. The average Bonchev–Trinajstić information content (AvgIpc) is 2.37. The van der Waals surface area contributed by atoms with Crippen LogP contribution in [-0.4, -0.2) is 38.3 Å². The Balaban J connectivity index is 1.93. The van der Waals surface area contributed by atoms with Crippen molar-refractivity contribution in [2.24, 2.45) is 0 Å². The van der Waals surface area contributed by atoms with Crippen molar-refractivity contribution in [3.63, 3.8) is 0 Å². The molecule has 0 radical (unpaired) electrons. The number of benzene rings is 1. The first-order chi connectivity index (χ1) is 9.11. The molecule has 4 nitrogen and oxygen atoms in total. The molecule has 2 unspecified atom stereocenters. The summed E-state index contributed by atoms with van der Waals surface area (Å²) in [7, 11) is 1.58. The maximum Gasteiger partial charge on any atom is 0.169 e. The van der Waals surface area contributed by atoms with Gasteiger partial charge >= 0.3 is 0 Å². The van der Waals surface area contributed by atoms with Gasteiger partial charge in [0, 0.05) is 18.6 Å². The van der Waals surface area contributed by atoms with Crippen LogP contribution in [0.4, 0.5) is 0 Å². The Morgan fingerprint density at radius 3 is 2.74 bits per heavy atom. The van der Waals surface area contributed by atoms with E-state index in [4.69, 9.17) is 37.4 Å². The highest BCUT2D eigenvalue weighted by atomic mass is 35.5. The lowest BCUT2D eigenvalue weighted by Crippen LogP contribution is -2.52. The van der Waals surface area contributed by atoms with Crippen molar-refractivity contribution in [3.8, 4) is 5.75 Å². The molecule has 0 aromatic heterocycles. The molecule has 1 saturated carbocycles. The molecule has 0 spiro atoms. The third-order valence-electron chi connectivity index (χ3n) is 2.81. The van der Waals surface area contributed by atoms with Crippen molar-refractivity contribution in [3.05, 3.63) is 28.2 Å². The molecule has 1 aromatic rings. The van der Waals surface area contributed by atoms with Crippen LogP contribution in [0, 0.1) is 0 Å². The summed E-state index contributed by atoms with van der Waals surface area (Å²) in [6, 6.07) is 4.96. The number of ketones is 1. The minimum absolute atomic E-state index is 0.0335. The second-order valence-electron chi connectivity index (χ2n) is 4.19. The average molecular weight is 305 g/mol. The molecular formula is C13H14Cl2O4. The first-order valence-electron chi connectivity index (χ1n) is 5.87. The van der Waals surface area contributed by atoms with Crippen LogP contribution in [0.1, 0.15) is 6.42 Å². The molecule has 0 saturated heterocycles. The predicted molar refractivity (Wildman–Crippen MR) is 72.1 cm³/mol. The monoisotopic (exact) mass is 304 g/mol. The highest BCUT2D eigenvalue weighted by Gasteiger charge is 2.42. The van der Waals surface area contributed by atoms with E-state index < -0.39 is 6.10 Å². The number of carbonyl (C=O) groups excluding carboxylic acids is 1. The summed E-state index contributed by atoms with van der Waals surface area (Å²) >= 11 is 11.8. The van der Waals surface area contributed by atoms with Crippen LogP contribution < -0.4 is 4.74 Å². The molecule has 6 heteroatoms. The molecule has 0 aliphatic heterocycles. The van der Waals surface area contributed by atoms with Crippen molar-refractivity contribution < 1.29 is 19.0 Å². The number of methoxy groups -OCH3 is 1. The lowest BCUT2D eigenvalue weighted by Gasteiger charge is -2.34. The van der Waals surface area contributed by atoms with Gasteiger partial charge in [-0.1, -0.05) is 23.2 Å². The van der Waals surface area contributed by atoms with E-state index in [1.165, 1.54) is 0 Å². The summed E-state index contributed by atoms with van der Waals surface area (Å²) in [6.45, 7) is 0.805. The normalized spacial score (nSPS) is 22.2. The number of rotatable bonds is 6. The van der Waals surface area contributed by atoms with Crippen molar-refractivity contribution in [2.75, 3.05) is 20.3 Å². The van der Waals surface area contributed by atoms with E-state index in [-0.39, 0.29) is 11.9 Å². The van der Waals surface area contributed by atoms with Gasteiger partial charge in [-0.05, 0) is 18.2 Å². The number of hydrogen-bond acceptors (Lipinski definition) is 4. The fourth-order valence-electron chi connectivity index (χ4n) is 1.76. The van der Waals surface area contributed by atoms with Crippen LogP contribution in [0.15, 0.2) is 18.2 Å². The largest absolute Gasteiger partial charge is 0.485 e. The van der Waals surface area contributed by atoms with Crippen molar-refractivity contribution in [1.29, 1.82) is 0 Å². The Bertz CT molecular complexity index is 464. The first kappa shape index (κ1) is 14.6. The van der Waals surface area contributed by atoms with Gasteiger partial charge in [0.25, 0.3) is 0 Å². The third kappa shape index (κ3) is 3.60. The maximum absolute atomic E-state index is 11.5. The highest BCUT2D eigenvalue weighted by molar-refractivity contribution is 6.35. The summed E-state index contributed by atoms with van der Waals surface area (Å²) in [5.41, 5.74) is 0. The van der Waals surface area contributed by atoms with E-state index in [0.29, 0.717) is 35.4 Å². The van der Waals surface area contributed by atoms with Gasteiger partial charge in [-0.2, -0.15) is 0 Å². The van der Waals surface area contributed by atoms with E-state index in [1.54, 1.807) is 25.3 Å². The van der Waals surface area contributed by atoms with Crippen LogP contribution in [0.3, 0.4) is 0 Å². The van der Waals surface area contributed by atoms with Gasteiger partial charge in [0.2, 0.25) is 0 Å². The molecule has 0 N–H and O–H groups in total. The van der Waals surface area contributed by atoms with Crippen LogP contribution in [0.5, 0.6) is 5.75 Å². The second kappa shape index (κ2) is 6.57. The molecular weight excluding hydrogens is 291 g/mol. The third-order valence-corrected chi connectivity index (χ3v) is 3.34. The predicted octanol–water partition coefficient (Wildman–Crippen LogP) is 2.75. The molecule has 19 heavy (non-hydrogen) atoms. The zero-order valence-electron chi connectivity index (χ0n) is 10.4. The quantitative estimate of drug-likeness (QED) is 0.758. The number of ether oxygens (including phenoxy) is 3. The van der Waals surface area contributed by atoms with Crippen molar-refractivity contribution in [1.82, 2.24) is 0 Å².